The lowest BCUT2D eigenvalue weighted by molar-refractivity contribution is -0.146. The van der Waals surface area contributed by atoms with E-state index in [1.54, 1.807) is 20.0 Å². The molecule has 0 aliphatic heterocycles. The Kier molecular flexibility index (Phi) is 2.36. The number of carboxylic acids is 1. The van der Waals surface area contributed by atoms with Gasteiger partial charge in [-0.05, 0) is 20.3 Å². The quantitative estimate of drug-likeness (QED) is 0.747. The molecule has 0 saturated carbocycles. The summed E-state index contributed by atoms with van der Waals surface area (Å²) in [5.74, 6) is -0.917. The van der Waals surface area contributed by atoms with E-state index in [0.29, 0.717) is 0 Å². The van der Waals surface area contributed by atoms with Crippen LogP contribution in [0, 0.1) is 0 Å². The van der Waals surface area contributed by atoms with Crippen LogP contribution in [0.25, 0.3) is 0 Å². The summed E-state index contributed by atoms with van der Waals surface area (Å²) in [5.41, 5.74) is -0.227. The van der Waals surface area contributed by atoms with Crippen molar-refractivity contribution in [3.05, 3.63) is 11.9 Å². The normalized spacial score (nSPS) is 11.6. The number of carbonyl (C=O) groups is 1. The molecule has 0 atom stereocenters. The van der Waals surface area contributed by atoms with Crippen molar-refractivity contribution in [2.75, 3.05) is 0 Å². The minimum absolute atomic E-state index is 0.760. The average molecular weight is 183 g/mol. The van der Waals surface area contributed by atoms with Gasteiger partial charge >= 0.3 is 5.97 Å². The van der Waals surface area contributed by atoms with Crippen LogP contribution in [-0.4, -0.2) is 26.1 Å². The third-order valence-corrected chi connectivity index (χ3v) is 2.00. The van der Waals surface area contributed by atoms with Crippen LogP contribution in [0.1, 0.15) is 26.5 Å². The average Bonchev–Trinajstić information content (AvgIpc) is 2.51. The summed E-state index contributed by atoms with van der Waals surface area (Å²) in [5, 5.41) is 16.5. The van der Waals surface area contributed by atoms with Gasteiger partial charge in [-0.2, -0.15) is 0 Å². The molecule has 5 nitrogen and oxygen atoms in total. The van der Waals surface area contributed by atoms with Gasteiger partial charge < -0.3 is 5.11 Å². The second-order valence-electron chi connectivity index (χ2n) is 3.37. The van der Waals surface area contributed by atoms with Crippen LogP contribution in [0.15, 0.2) is 6.20 Å². The summed E-state index contributed by atoms with van der Waals surface area (Å²) < 4.78 is 1.37. The zero-order valence-electron chi connectivity index (χ0n) is 7.98. The maximum Gasteiger partial charge on any atom is 0.331 e. The molecule has 1 aromatic rings. The molecule has 0 spiro atoms. The molecule has 1 heterocycles. The minimum atomic E-state index is -1.03. The third-order valence-electron chi connectivity index (χ3n) is 2.00. The molecule has 0 bridgehead atoms. The Morgan fingerprint density at radius 2 is 2.31 bits per heavy atom. The van der Waals surface area contributed by atoms with Crippen LogP contribution in [0.4, 0.5) is 0 Å². The molecule has 1 rings (SSSR count). The van der Waals surface area contributed by atoms with E-state index in [1.165, 1.54) is 4.68 Å². The van der Waals surface area contributed by atoms with Crippen molar-refractivity contribution in [1.82, 2.24) is 15.0 Å². The number of carboxylic acid groups (broad SMARTS) is 1. The molecule has 0 aliphatic rings. The molecule has 0 aliphatic carbocycles. The van der Waals surface area contributed by atoms with E-state index >= 15 is 0 Å². The molecule has 1 aromatic heterocycles. The lowest BCUT2D eigenvalue weighted by atomic mass is 10.1. The van der Waals surface area contributed by atoms with Gasteiger partial charge in [0.05, 0.1) is 5.69 Å². The fourth-order valence-corrected chi connectivity index (χ4v) is 0.832. The second-order valence-corrected chi connectivity index (χ2v) is 3.37. The van der Waals surface area contributed by atoms with Crippen molar-refractivity contribution in [2.45, 2.75) is 32.7 Å². The molecule has 1 N–H and O–H groups in total. The minimum Gasteiger partial charge on any atom is -0.479 e. The highest BCUT2D eigenvalue weighted by Gasteiger charge is 2.30. The van der Waals surface area contributed by atoms with Crippen LogP contribution in [0.5, 0.6) is 0 Å². The van der Waals surface area contributed by atoms with Crippen molar-refractivity contribution in [2.24, 2.45) is 0 Å². The molecular formula is C8H13N3O2. The van der Waals surface area contributed by atoms with Gasteiger partial charge in [0.1, 0.15) is 0 Å². The molecule has 0 unspecified atom stereocenters. The number of rotatable bonds is 3. The monoisotopic (exact) mass is 183 g/mol. The van der Waals surface area contributed by atoms with Gasteiger partial charge in [-0.25, -0.2) is 9.48 Å². The molecule has 13 heavy (non-hydrogen) atoms. The summed E-state index contributed by atoms with van der Waals surface area (Å²) in [6.07, 6.45) is 2.42. The van der Waals surface area contributed by atoms with Crippen LogP contribution in [-0.2, 0) is 16.8 Å². The lowest BCUT2D eigenvalue weighted by Crippen LogP contribution is -2.36. The molecular weight excluding hydrogens is 170 g/mol. The fraction of sp³-hybridized carbons (Fsp3) is 0.625. The van der Waals surface area contributed by atoms with Crippen LogP contribution < -0.4 is 0 Å². The van der Waals surface area contributed by atoms with Crippen molar-refractivity contribution in [1.29, 1.82) is 0 Å². The summed E-state index contributed by atoms with van der Waals surface area (Å²) >= 11 is 0. The predicted molar refractivity (Wildman–Crippen MR) is 46.4 cm³/mol. The van der Waals surface area contributed by atoms with Gasteiger partial charge in [-0.15, -0.1) is 5.10 Å². The Morgan fingerprint density at radius 3 is 2.69 bits per heavy atom. The first-order valence-corrected chi connectivity index (χ1v) is 4.13. The predicted octanol–water partition coefficient (Wildman–Crippen LogP) is 0.660. The standard InChI is InChI=1S/C8H13N3O2/c1-4-6-5-11(10-9-6)8(2,3)7(12)13/h5H,4H2,1-3H3,(H,12,13). The number of aliphatic carboxylic acids is 1. The van der Waals surface area contributed by atoms with Gasteiger partial charge in [0.2, 0.25) is 0 Å². The van der Waals surface area contributed by atoms with Crippen LogP contribution in [0.2, 0.25) is 0 Å². The smallest absolute Gasteiger partial charge is 0.331 e. The molecule has 0 radical (unpaired) electrons. The van der Waals surface area contributed by atoms with E-state index in [-0.39, 0.29) is 0 Å². The van der Waals surface area contributed by atoms with Crippen LogP contribution in [0.3, 0.4) is 0 Å². The third kappa shape index (κ3) is 1.68. The van der Waals surface area contributed by atoms with E-state index in [2.05, 4.69) is 10.3 Å². The number of hydrogen-bond acceptors (Lipinski definition) is 3. The van der Waals surface area contributed by atoms with E-state index < -0.39 is 11.5 Å². The Balaban J connectivity index is 3.00. The number of aromatic nitrogens is 3. The van der Waals surface area contributed by atoms with Crippen molar-refractivity contribution >= 4 is 5.97 Å². The fourth-order valence-electron chi connectivity index (χ4n) is 0.832. The molecule has 0 saturated heterocycles. The zero-order chi connectivity index (χ0) is 10.1. The van der Waals surface area contributed by atoms with Gasteiger partial charge in [0.15, 0.2) is 5.54 Å². The second kappa shape index (κ2) is 3.16. The van der Waals surface area contributed by atoms with Gasteiger partial charge in [0.25, 0.3) is 0 Å². The maximum atomic E-state index is 10.8. The van der Waals surface area contributed by atoms with E-state index in [9.17, 15) is 4.79 Å². The number of hydrogen-bond donors (Lipinski definition) is 1. The first-order valence-electron chi connectivity index (χ1n) is 4.13. The maximum absolute atomic E-state index is 10.8. The van der Waals surface area contributed by atoms with E-state index in [1.807, 2.05) is 6.92 Å². The number of nitrogens with zero attached hydrogens (tertiary/aromatic N) is 3. The molecule has 0 amide bonds. The van der Waals surface area contributed by atoms with Crippen LogP contribution >= 0.6 is 0 Å². The first kappa shape index (κ1) is 9.70. The van der Waals surface area contributed by atoms with E-state index in [4.69, 9.17) is 5.11 Å². The summed E-state index contributed by atoms with van der Waals surface area (Å²) in [6.45, 7) is 5.12. The SMILES string of the molecule is CCc1cn(C(C)(C)C(=O)O)nn1. The largest absolute Gasteiger partial charge is 0.479 e. The van der Waals surface area contributed by atoms with Crippen molar-refractivity contribution in [3.8, 4) is 0 Å². The van der Waals surface area contributed by atoms with Crippen molar-refractivity contribution < 1.29 is 9.90 Å². The Morgan fingerprint density at radius 1 is 1.69 bits per heavy atom. The summed E-state index contributed by atoms with van der Waals surface area (Å²) in [7, 11) is 0. The topological polar surface area (TPSA) is 68.0 Å². The molecule has 72 valence electrons. The van der Waals surface area contributed by atoms with E-state index in [0.717, 1.165) is 12.1 Å². The Hall–Kier alpha value is -1.39. The van der Waals surface area contributed by atoms with Crippen molar-refractivity contribution in [3.63, 3.8) is 0 Å². The van der Waals surface area contributed by atoms with Gasteiger partial charge in [-0.1, -0.05) is 12.1 Å². The van der Waals surface area contributed by atoms with Gasteiger partial charge in [0, 0.05) is 6.20 Å². The highest BCUT2D eigenvalue weighted by atomic mass is 16.4. The number of aryl methyl sites for hydroxylation is 1. The summed E-state index contributed by atoms with van der Waals surface area (Å²) in [4.78, 5) is 10.8. The molecule has 0 fully saturated rings. The highest BCUT2D eigenvalue weighted by Crippen LogP contribution is 2.13. The molecule has 5 heteroatoms. The first-order chi connectivity index (χ1) is 5.98. The summed E-state index contributed by atoms with van der Waals surface area (Å²) in [6, 6.07) is 0. The zero-order valence-corrected chi connectivity index (χ0v) is 7.98. The Bertz CT molecular complexity index is 317. The highest BCUT2D eigenvalue weighted by molar-refractivity contribution is 5.75. The lowest BCUT2D eigenvalue weighted by Gasteiger charge is -2.18. The van der Waals surface area contributed by atoms with Gasteiger partial charge in [-0.3, -0.25) is 0 Å². The Labute approximate surface area is 76.4 Å². The molecule has 0 aromatic carbocycles.